The Balaban J connectivity index is 2.61. The molecule has 0 unspecified atom stereocenters. The summed E-state index contributed by atoms with van der Waals surface area (Å²) in [6, 6.07) is 0. The first-order chi connectivity index (χ1) is 7.18. The number of nitrogens with zero attached hydrogens (tertiary/aromatic N) is 3. The van der Waals surface area contributed by atoms with Crippen LogP contribution < -0.4 is 0 Å². The van der Waals surface area contributed by atoms with E-state index < -0.39 is 0 Å². The van der Waals surface area contributed by atoms with Gasteiger partial charge in [0.05, 0.1) is 10.7 Å². The van der Waals surface area contributed by atoms with Crippen molar-refractivity contribution in [2.24, 2.45) is 0 Å². The molecule has 4 nitrogen and oxygen atoms in total. The molecule has 76 valence electrons. The third-order valence-corrected chi connectivity index (χ3v) is 3.37. The lowest BCUT2D eigenvalue weighted by molar-refractivity contribution is 1.05. The van der Waals surface area contributed by atoms with Gasteiger partial charge in [-0.3, -0.25) is 4.98 Å². The third kappa shape index (κ3) is 2.10. The topological polar surface area (TPSA) is 54.5 Å². The highest BCUT2D eigenvalue weighted by Gasteiger charge is 2.05. The second kappa shape index (κ2) is 4.16. The first kappa shape index (κ1) is 10.4. The molecule has 2 heterocycles. The normalized spacial score (nSPS) is 10.3. The minimum absolute atomic E-state index is 0.520. The molecule has 2 aromatic heterocycles. The summed E-state index contributed by atoms with van der Waals surface area (Å²) in [4.78, 5) is 15.4. The van der Waals surface area contributed by atoms with Crippen LogP contribution in [0, 0.1) is 11.6 Å². The summed E-state index contributed by atoms with van der Waals surface area (Å²) in [7, 11) is 0. The summed E-state index contributed by atoms with van der Waals surface area (Å²) in [5, 5.41) is 0. The number of aromatic nitrogens is 4. The van der Waals surface area contributed by atoms with Crippen LogP contribution in [0.2, 0.25) is 0 Å². The van der Waals surface area contributed by atoms with E-state index in [4.69, 9.17) is 12.2 Å². The maximum atomic E-state index is 5.10. The number of aromatic amines is 1. The Morgan fingerprint density at radius 3 is 2.80 bits per heavy atom. The molecule has 0 aliphatic carbocycles. The van der Waals surface area contributed by atoms with Crippen molar-refractivity contribution in [2.45, 2.75) is 6.92 Å². The Morgan fingerprint density at radius 1 is 1.40 bits per heavy atom. The molecule has 2 rings (SSSR count). The quantitative estimate of drug-likeness (QED) is 0.817. The van der Waals surface area contributed by atoms with E-state index in [2.05, 4.69) is 35.9 Å². The van der Waals surface area contributed by atoms with Crippen molar-refractivity contribution in [3.8, 4) is 11.5 Å². The Kier molecular flexibility index (Phi) is 2.88. The Morgan fingerprint density at radius 2 is 2.20 bits per heavy atom. The van der Waals surface area contributed by atoms with Gasteiger partial charge in [0.15, 0.2) is 5.82 Å². The summed E-state index contributed by atoms with van der Waals surface area (Å²) >= 11 is 8.45. The zero-order chi connectivity index (χ0) is 10.8. The van der Waals surface area contributed by atoms with E-state index in [1.54, 1.807) is 18.6 Å². The van der Waals surface area contributed by atoms with Gasteiger partial charge in [-0.25, -0.2) is 9.97 Å². The lowest BCUT2D eigenvalue weighted by Gasteiger charge is -2.03. The summed E-state index contributed by atoms with van der Waals surface area (Å²) in [6.07, 6.45) is 4.87. The van der Waals surface area contributed by atoms with E-state index in [-0.39, 0.29) is 0 Å². The molecule has 0 aliphatic rings. The Labute approximate surface area is 100.0 Å². The number of hydrogen-bond acceptors (Lipinski definition) is 4. The van der Waals surface area contributed by atoms with Crippen LogP contribution in [-0.4, -0.2) is 19.9 Å². The molecule has 0 atom stereocenters. The summed E-state index contributed by atoms with van der Waals surface area (Å²) in [5.74, 6) is 0.633. The minimum Gasteiger partial charge on any atom is -0.341 e. The molecule has 0 spiro atoms. The second-order valence-corrected chi connectivity index (χ2v) is 4.10. The summed E-state index contributed by atoms with van der Waals surface area (Å²) in [5.41, 5.74) is 1.61. The molecule has 0 saturated heterocycles. The zero-order valence-corrected chi connectivity index (χ0v) is 10.3. The van der Waals surface area contributed by atoms with E-state index in [0.717, 1.165) is 10.2 Å². The van der Waals surface area contributed by atoms with Crippen LogP contribution in [0.15, 0.2) is 23.1 Å². The maximum Gasteiger partial charge on any atom is 0.159 e. The SMILES string of the molecule is Cc1[nH]c(-c2cnccn2)nc(=S)c1Br. The van der Waals surface area contributed by atoms with Crippen LogP contribution in [0.25, 0.3) is 11.5 Å². The third-order valence-electron chi connectivity index (χ3n) is 1.84. The highest BCUT2D eigenvalue weighted by Crippen LogP contribution is 2.18. The number of hydrogen-bond donors (Lipinski definition) is 1. The van der Waals surface area contributed by atoms with Crippen molar-refractivity contribution in [1.82, 2.24) is 19.9 Å². The number of H-pyrrole nitrogens is 1. The molecule has 0 aliphatic heterocycles. The van der Waals surface area contributed by atoms with E-state index in [0.29, 0.717) is 16.2 Å². The maximum absolute atomic E-state index is 5.10. The highest BCUT2D eigenvalue weighted by atomic mass is 79.9. The van der Waals surface area contributed by atoms with Crippen LogP contribution >= 0.6 is 28.1 Å². The van der Waals surface area contributed by atoms with E-state index in [9.17, 15) is 0 Å². The molecule has 6 heteroatoms. The van der Waals surface area contributed by atoms with Gasteiger partial charge >= 0.3 is 0 Å². The van der Waals surface area contributed by atoms with Gasteiger partial charge in [-0.2, -0.15) is 0 Å². The second-order valence-electron chi connectivity index (χ2n) is 2.92. The number of rotatable bonds is 1. The lowest BCUT2D eigenvalue weighted by Crippen LogP contribution is -1.96. The Bertz CT molecular complexity index is 538. The molecule has 0 amide bonds. The predicted octanol–water partition coefficient (Wildman–Crippen LogP) is 2.67. The molecule has 0 radical (unpaired) electrons. The lowest BCUT2D eigenvalue weighted by atomic mass is 10.4. The van der Waals surface area contributed by atoms with Crippen molar-refractivity contribution in [1.29, 1.82) is 0 Å². The van der Waals surface area contributed by atoms with Crippen molar-refractivity contribution in [3.05, 3.63) is 33.4 Å². The van der Waals surface area contributed by atoms with Crippen LogP contribution in [0.3, 0.4) is 0 Å². The summed E-state index contributed by atoms with van der Waals surface area (Å²) in [6.45, 7) is 1.92. The van der Waals surface area contributed by atoms with Gasteiger partial charge in [0.2, 0.25) is 0 Å². The molecule has 1 N–H and O–H groups in total. The molecule has 15 heavy (non-hydrogen) atoms. The number of aryl methyl sites for hydroxylation is 1. The first-order valence-electron chi connectivity index (χ1n) is 4.21. The number of nitrogens with one attached hydrogen (secondary N) is 1. The standard InChI is InChI=1S/C9H7BrN4S/c1-5-7(10)9(15)14-8(13-5)6-4-11-2-3-12-6/h2-4H,1H3,(H,13,14,15). The van der Waals surface area contributed by atoms with E-state index in [1.165, 1.54) is 0 Å². The van der Waals surface area contributed by atoms with Crippen LogP contribution in [0.1, 0.15) is 5.69 Å². The average Bonchev–Trinajstić information content (AvgIpc) is 2.26. The van der Waals surface area contributed by atoms with Gasteiger partial charge in [0.25, 0.3) is 0 Å². The van der Waals surface area contributed by atoms with Crippen LogP contribution in [-0.2, 0) is 0 Å². The molecule has 0 fully saturated rings. The summed E-state index contributed by atoms with van der Waals surface area (Å²) < 4.78 is 1.33. The molecular weight excluding hydrogens is 276 g/mol. The van der Waals surface area contributed by atoms with Crippen molar-refractivity contribution < 1.29 is 0 Å². The molecule has 2 aromatic rings. The fourth-order valence-corrected chi connectivity index (χ4v) is 1.55. The zero-order valence-electron chi connectivity index (χ0n) is 7.86. The smallest absolute Gasteiger partial charge is 0.159 e. The van der Waals surface area contributed by atoms with Crippen LogP contribution in [0.5, 0.6) is 0 Å². The minimum atomic E-state index is 0.520. The van der Waals surface area contributed by atoms with Gasteiger partial charge < -0.3 is 4.98 Å². The molecular formula is C9H7BrN4S. The molecule has 0 bridgehead atoms. The van der Waals surface area contributed by atoms with E-state index >= 15 is 0 Å². The predicted molar refractivity (Wildman–Crippen MR) is 62.9 cm³/mol. The Hall–Kier alpha value is -1.14. The number of halogens is 1. The molecule has 0 aromatic carbocycles. The van der Waals surface area contributed by atoms with Crippen molar-refractivity contribution in [2.75, 3.05) is 0 Å². The highest BCUT2D eigenvalue weighted by molar-refractivity contribution is 9.10. The average molecular weight is 283 g/mol. The molecule has 0 saturated carbocycles. The first-order valence-corrected chi connectivity index (χ1v) is 5.41. The largest absolute Gasteiger partial charge is 0.341 e. The van der Waals surface area contributed by atoms with Crippen LogP contribution in [0.4, 0.5) is 0 Å². The van der Waals surface area contributed by atoms with Gasteiger partial charge in [-0.1, -0.05) is 12.2 Å². The monoisotopic (exact) mass is 282 g/mol. The fraction of sp³-hybridized carbons (Fsp3) is 0.111. The fourth-order valence-electron chi connectivity index (χ4n) is 1.11. The van der Waals surface area contributed by atoms with E-state index in [1.807, 2.05) is 6.92 Å². The van der Waals surface area contributed by atoms with Gasteiger partial charge in [0.1, 0.15) is 10.3 Å². The van der Waals surface area contributed by atoms with Gasteiger partial charge in [0, 0.05) is 18.1 Å². The van der Waals surface area contributed by atoms with Gasteiger partial charge in [-0.15, -0.1) is 0 Å². The van der Waals surface area contributed by atoms with Crippen molar-refractivity contribution >= 4 is 28.1 Å². The van der Waals surface area contributed by atoms with Gasteiger partial charge in [-0.05, 0) is 22.9 Å². The van der Waals surface area contributed by atoms with Crippen molar-refractivity contribution in [3.63, 3.8) is 0 Å².